The van der Waals surface area contributed by atoms with Crippen LogP contribution >= 0.6 is 0 Å². The zero-order valence-electron chi connectivity index (χ0n) is 56.4. The molecular formula is C79H144O5. The molecule has 0 spiro atoms. The largest absolute Gasteiger partial charge is 0.462 e. The average molecular weight is 1170 g/mol. The molecule has 84 heavy (non-hydrogen) atoms. The first-order valence-corrected chi connectivity index (χ1v) is 37.5. The smallest absolute Gasteiger partial charge is 0.306 e. The molecule has 0 bridgehead atoms. The second-order valence-corrected chi connectivity index (χ2v) is 25.4. The minimum absolute atomic E-state index is 0.0621. The maximum atomic E-state index is 12.4. The van der Waals surface area contributed by atoms with Crippen molar-refractivity contribution in [3.8, 4) is 0 Å². The van der Waals surface area contributed by atoms with E-state index < -0.39 is 6.10 Å². The predicted molar refractivity (Wildman–Crippen MR) is 371 cm³/mol. The number of aliphatic hydroxyl groups is 1. The highest BCUT2D eigenvalue weighted by Crippen LogP contribution is 2.19. The summed E-state index contributed by atoms with van der Waals surface area (Å²) in [5.74, 6) is -0.570. The van der Waals surface area contributed by atoms with Crippen LogP contribution in [0.5, 0.6) is 0 Å². The molecule has 0 aromatic heterocycles. The second-order valence-electron chi connectivity index (χ2n) is 25.4. The van der Waals surface area contributed by atoms with Gasteiger partial charge < -0.3 is 14.6 Å². The molecule has 1 atom stereocenters. The number of hydrogen-bond acceptors (Lipinski definition) is 5. The van der Waals surface area contributed by atoms with Gasteiger partial charge in [-0.15, -0.1) is 0 Å². The zero-order valence-corrected chi connectivity index (χ0v) is 56.4. The SMILES string of the molecule is CCCCCCC/C=C\C/C=C\C/C=C\CCCCCCCCCCCCCCCCCCCCCCCCC(=O)OC(CO)COC(=O)CCCCCCCCCCCCCCCCCCCC/C=C\C/C=C\C/C=C\CCCCCCC. The summed E-state index contributed by atoms with van der Waals surface area (Å²) in [5.41, 5.74) is 0. The van der Waals surface area contributed by atoms with Crippen LogP contribution in [0.3, 0.4) is 0 Å². The van der Waals surface area contributed by atoms with Gasteiger partial charge in [-0.25, -0.2) is 0 Å². The molecule has 5 nitrogen and oxygen atoms in total. The lowest BCUT2D eigenvalue weighted by molar-refractivity contribution is -0.161. The number of unbranched alkanes of at least 4 members (excludes halogenated alkanes) is 50. The molecule has 0 rings (SSSR count). The van der Waals surface area contributed by atoms with Gasteiger partial charge in [-0.05, 0) is 89.9 Å². The van der Waals surface area contributed by atoms with E-state index in [2.05, 4.69) is 86.8 Å². The normalized spacial score (nSPS) is 12.6. The predicted octanol–water partition coefficient (Wildman–Crippen LogP) is 26.2. The summed E-state index contributed by atoms with van der Waals surface area (Å²) in [7, 11) is 0. The lowest BCUT2D eigenvalue weighted by Gasteiger charge is -2.15. The highest BCUT2D eigenvalue weighted by Gasteiger charge is 2.16. The van der Waals surface area contributed by atoms with Crippen LogP contribution < -0.4 is 0 Å². The van der Waals surface area contributed by atoms with Crippen molar-refractivity contribution in [2.24, 2.45) is 0 Å². The van der Waals surface area contributed by atoms with Crippen molar-refractivity contribution in [3.63, 3.8) is 0 Å². The summed E-state index contributed by atoms with van der Waals surface area (Å²) in [5, 5.41) is 9.72. The molecule has 490 valence electrons. The maximum Gasteiger partial charge on any atom is 0.306 e. The third-order valence-corrected chi connectivity index (χ3v) is 17.0. The Kier molecular flexibility index (Phi) is 72.2. The highest BCUT2D eigenvalue weighted by molar-refractivity contribution is 5.70. The highest BCUT2D eigenvalue weighted by atomic mass is 16.6. The Morgan fingerprint density at radius 2 is 0.476 bits per heavy atom. The topological polar surface area (TPSA) is 72.8 Å². The summed E-state index contributed by atoms with van der Waals surface area (Å²) in [6.45, 7) is 4.17. The molecule has 0 saturated carbocycles. The number of rotatable bonds is 70. The summed E-state index contributed by atoms with van der Waals surface area (Å²) in [6, 6.07) is 0. The van der Waals surface area contributed by atoms with Crippen molar-refractivity contribution < 1.29 is 24.2 Å². The molecule has 0 saturated heterocycles. The minimum atomic E-state index is -0.773. The molecule has 0 aromatic rings. The third kappa shape index (κ3) is 71.8. The maximum absolute atomic E-state index is 12.4. The zero-order chi connectivity index (χ0) is 60.5. The van der Waals surface area contributed by atoms with Gasteiger partial charge in [-0.3, -0.25) is 9.59 Å². The fraction of sp³-hybridized carbons (Fsp3) is 0.823. The van der Waals surface area contributed by atoms with E-state index in [1.165, 1.54) is 308 Å². The van der Waals surface area contributed by atoms with E-state index >= 15 is 0 Å². The Balaban J connectivity index is 3.40. The average Bonchev–Trinajstić information content (AvgIpc) is 3.51. The van der Waals surface area contributed by atoms with Gasteiger partial charge in [0, 0.05) is 12.8 Å². The summed E-state index contributed by atoms with van der Waals surface area (Å²) in [4.78, 5) is 24.7. The van der Waals surface area contributed by atoms with E-state index in [1.54, 1.807) is 0 Å². The van der Waals surface area contributed by atoms with Gasteiger partial charge in [-0.1, -0.05) is 369 Å². The standard InChI is InChI=1S/C79H144O5/c1-3-5-7-9-11-13-15-17-19-21-23-25-27-29-31-33-35-37-38-39-40-42-44-46-48-50-52-54-56-58-60-62-64-66-68-70-72-74-79(82)84-77(75-80)76-83-78(81)73-71-69-67-65-63-61-59-57-55-53-51-49-47-45-43-41-36-34-32-30-28-26-24-22-20-18-16-14-12-10-8-6-4-2/h15-18,21-24,27-30,77,80H,3-14,19-20,25-26,31-76H2,1-2H3/b17-15-,18-16-,23-21-,24-22-,29-27-,30-28-. The summed E-state index contributed by atoms with van der Waals surface area (Å²) in [6.07, 6.45) is 104. The molecule has 0 aliphatic carbocycles. The number of hydrogen-bond donors (Lipinski definition) is 1. The second kappa shape index (κ2) is 74.6. The van der Waals surface area contributed by atoms with E-state index in [0.717, 1.165) is 64.2 Å². The molecular weight excluding hydrogens is 1030 g/mol. The molecule has 1 N–H and O–H groups in total. The van der Waals surface area contributed by atoms with Crippen molar-refractivity contribution in [1.29, 1.82) is 0 Å². The molecule has 0 radical (unpaired) electrons. The van der Waals surface area contributed by atoms with Crippen LogP contribution in [0.4, 0.5) is 0 Å². The summed E-state index contributed by atoms with van der Waals surface area (Å²) < 4.78 is 10.8. The van der Waals surface area contributed by atoms with Crippen LogP contribution in [0.1, 0.15) is 399 Å². The number of carbonyl (C=O) groups excluding carboxylic acids is 2. The Labute approximate surface area is 524 Å². The lowest BCUT2D eigenvalue weighted by Crippen LogP contribution is -2.28. The number of aliphatic hydroxyl groups excluding tert-OH is 1. The van der Waals surface area contributed by atoms with E-state index in [1.807, 2.05) is 0 Å². The Morgan fingerprint density at radius 3 is 0.714 bits per heavy atom. The number of esters is 2. The first kappa shape index (κ1) is 81.3. The number of ether oxygens (including phenoxy) is 2. The Bertz CT molecular complexity index is 1470. The van der Waals surface area contributed by atoms with E-state index in [-0.39, 0.29) is 25.2 Å². The van der Waals surface area contributed by atoms with E-state index in [4.69, 9.17) is 9.47 Å². The van der Waals surface area contributed by atoms with Crippen molar-refractivity contribution in [2.75, 3.05) is 13.2 Å². The first-order valence-electron chi connectivity index (χ1n) is 37.5. The van der Waals surface area contributed by atoms with Gasteiger partial charge >= 0.3 is 11.9 Å². The van der Waals surface area contributed by atoms with Gasteiger partial charge in [0.25, 0.3) is 0 Å². The first-order chi connectivity index (χ1) is 41.6. The van der Waals surface area contributed by atoms with E-state index in [0.29, 0.717) is 12.8 Å². The quantitative estimate of drug-likeness (QED) is 0.0373. The molecule has 0 fully saturated rings. The van der Waals surface area contributed by atoms with Crippen LogP contribution in [-0.4, -0.2) is 36.4 Å². The van der Waals surface area contributed by atoms with Crippen molar-refractivity contribution in [1.82, 2.24) is 0 Å². The van der Waals surface area contributed by atoms with E-state index in [9.17, 15) is 14.7 Å². The van der Waals surface area contributed by atoms with Crippen LogP contribution in [0.15, 0.2) is 72.9 Å². The van der Waals surface area contributed by atoms with Crippen molar-refractivity contribution >= 4 is 11.9 Å². The number of carbonyl (C=O) groups is 2. The van der Waals surface area contributed by atoms with Gasteiger partial charge in [0.2, 0.25) is 0 Å². The lowest BCUT2D eigenvalue weighted by atomic mass is 10.0. The van der Waals surface area contributed by atoms with Gasteiger partial charge in [-0.2, -0.15) is 0 Å². The van der Waals surface area contributed by atoms with Crippen molar-refractivity contribution in [3.05, 3.63) is 72.9 Å². The molecule has 1 unspecified atom stereocenters. The fourth-order valence-corrected chi connectivity index (χ4v) is 11.3. The number of allylic oxidation sites excluding steroid dienone is 12. The molecule has 0 aliphatic heterocycles. The fourth-order valence-electron chi connectivity index (χ4n) is 11.3. The van der Waals surface area contributed by atoms with Crippen LogP contribution in [0.2, 0.25) is 0 Å². The van der Waals surface area contributed by atoms with Crippen LogP contribution in [-0.2, 0) is 19.1 Å². The molecule has 0 amide bonds. The van der Waals surface area contributed by atoms with Gasteiger partial charge in [0.05, 0.1) is 6.61 Å². The van der Waals surface area contributed by atoms with Crippen molar-refractivity contribution in [2.45, 2.75) is 405 Å². The Hall–Kier alpha value is -2.66. The Morgan fingerprint density at radius 1 is 0.274 bits per heavy atom. The van der Waals surface area contributed by atoms with Gasteiger partial charge in [0.1, 0.15) is 6.61 Å². The molecule has 0 aromatic carbocycles. The molecule has 0 aliphatic rings. The molecule has 0 heterocycles. The van der Waals surface area contributed by atoms with Crippen LogP contribution in [0, 0.1) is 0 Å². The summed E-state index contributed by atoms with van der Waals surface area (Å²) >= 11 is 0. The van der Waals surface area contributed by atoms with Gasteiger partial charge in [0.15, 0.2) is 6.10 Å². The third-order valence-electron chi connectivity index (χ3n) is 17.0. The molecule has 5 heteroatoms. The monoisotopic (exact) mass is 1170 g/mol. The van der Waals surface area contributed by atoms with Crippen LogP contribution in [0.25, 0.3) is 0 Å². The minimum Gasteiger partial charge on any atom is -0.462 e.